The van der Waals surface area contributed by atoms with Gasteiger partial charge in [-0.1, -0.05) is 0 Å². The number of methoxy groups -OCH3 is 2. The highest BCUT2D eigenvalue weighted by Gasteiger charge is 2.37. The highest BCUT2D eigenvalue weighted by Crippen LogP contribution is 2.43. The van der Waals surface area contributed by atoms with E-state index in [9.17, 15) is 10.1 Å². The number of hydrogen-bond acceptors (Lipinski definition) is 7. The maximum Gasteiger partial charge on any atom is 0.334 e. The van der Waals surface area contributed by atoms with Crippen molar-refractivity contribution < 1.29 is 23.0 Å². The van der Waals surface area contributed by atoms with E-state index in [1.54, 1.807) is 38.4 Å². The minimum atomic E-state index is -1.06. The molecule has 38 heavy (non-hydrogen) atoms. The average Bonchev–Trinajstić information content (AvgIpc) is 2.92. The van der Waals surface area contributed by atoms with Gasteiger partial charge in [0.05, 0.1) is 49.5 Å². The number of nitrogens with two attached hydrogens (primary N) is 1. The van der Waals surface area contributed by atoms with Gasteiger partial charge in [-0.25, -0.2) is 13.6 Å². The summed E-state index contributed by atoms with van der Waals surface area (Å²) in [6.07, 6.45) is 3.07. The summed E-state index contributed by atoms with van der Waals surface area (Å²) in [5, 5.41) is 9.22. The summed E-state index contributed by atoms with van der Waals surface area (Å²) in [7, 11) is 4.05. The van der Waals surface area contributed by atoms with Crippen LogP contribution in [0.4, 0.5) is 30.6 Å². The Morgan fingerprint density at radius 1 is 1.16 bits per heavy atom. The molecule has 1 aliphatic heterocycles. The molecule has 2 heterocycles. The maximum atomic E-state index is 15.4. The first-order valence-corrected chi connectivity index (χ1v) is 11.3. The predicted octanol–water partition coefficient (Wildman–Crippen LogP) is 4.92. The summed E-state index contributed by atoms with van der Waals surface area (Å²) in [6.45, 7) is 1.51. The number of nitrogens with zero attached hydrogens (tertiary/aromatic N) is 5. The Balaban J connectivity index is 1.97. The largest absolute Gasteiger partial charge is 0.493 e. The molecule has 1 aromatic heterocycles. The lowest BCUT2D eigenvalue weighted by Crippen LogP contribution is -2.46. The van der Waals surface area contributed by atoms with Crippen molar-refractivity contribution in [2.45, 2.75) is 13.5 Å². The topological polar surface area (TPSA) is 117 Å². The Morgan fingerprint density at radius 3 is 2.32 bits per heavy atom. The Kier molecular flexibility index (Phi) is 7.25. The quantitative estimate of drug-likeness (QED) is 0.463. The standard InChI is InChI=1S/C27H24F2N6O3/c1-15(31)19(13-32-2)20-9-21-17(12-33-20)14-34(26-24(28)22(37-3)10-23(38-4)25(26)29)27(36)35(21)18-7-5-16(11-30)6-8-18/h5-10,12-13H,14,31H2,1-4H3. The molecule has 0 unspecified atom stereocenters. The van der Waals surface area contributed by atoms with E-state index in [1.165, 1.54) is 37.4 Å². The molecule has 4 rings (SSSR count). The zero-order chi connectivity index (χ0) is 27.6. The lowest BCUT2D eigenvalue weighted by Gasteiger charge is -2.37. The van der Waals surface area contributed by atoms with Crippen molar-refractivity contribution in [3.8, 4) is 17.6 Å². The second kappa shape index (κ2) is 10.6. The van der Waals surface area contributed by atoms with E-state index in [4.69, 9.17) is 15.2 Å². The first-order chi connectivity index (χ1) is 18.2. The molecule has 0 radical (unpaired) electrons. The predicted molar refractivity (Wildman–Crippen MR) is 140 cm³/mol. The Hall–Kier alpha value is -4.98. The van der Waals surface area contributed by atoms with Crippen LogP contribution in [0.2, 0.25) is 0 Å². The second-order valence-corrected chi connectivity index (χ2v) is 8.30. The zero-order valence-corrected chi connectivity index (χ0v) is 21.1. The average molecular weight is 519 g/mol. The SMILES string of the molecule is CN=CC(=C(C)N)c1cc2c(cn1)CN(c1c(F)c(OC)cc(OC)c1F)C(=O)N2c1ccc(C#N)cc1. The molecular formula is C27H24F2N6O3. The lowest BCUT2D eigenvalue weighted by atomic mass is 10.0. The highest BCUT2D eigenvalue weighted by molar-refractivity contribution is 6.13. The number of pyridine rings is 1. The van der Waals surface area contributed by atoms with Crippen LogP contribution in [-0.4, -0.2) is 38.5 Å². The van der Waals surface area contributed by atoms with Crippen molar-refractivity contribution in [3.63, 3.8) is 0 Å². The first kappa shape index (κ1) is 26.1. The number of urea groups is 1. The number of ether oxygens (including phenoxy) is 2. The van der Waals surface area contributed by atoms with Crippen LogP contribution in [0.1, 0.15) is 23.7 Å². The van der Waals surface area contributed by atoms with Crippen molar-refractivity contribution >= 4 is 34.9 Å². The van der Waals surface area contributed by atoms with Crippen LogP contribution >= 0.6 is 0 Å². The summed E-state index contributed by atoms with van der Waals surface area (Å²) in [6, 6.07) is 10.2. The number of nitriles is 1. The molecule has 2 N–H and O–H groups in total. The van der Waals surface area contributed by atoms with Crippen molar-refractivity contribution in [3.05, 3.63) is 76.7 Å². The van der Waals surface area contributed by atoms with Crippen LogP contribution in [0.3, 0.4) is 0 Å². The fraction of sp³-hybridized carbons (Fsp3) is 0.185. The molecule has 11 heteroatoms. The molecule has 0 spiro atoms. The third kappa shape index (κ3) is 4.48. The van der Waals surface area contributed by atoms with Crippen molar-refractivity contribution in [1.29, 1.82) is 5.26 Å². The van der Waals surface area contributed by atoms with Crippen molar-refractivity contribution in [2.75, 3.05) is 31.1 Å². The van der Waals surface area contributed by atoms with E-state index < -0.39 is 23.4 Å². The molecule has 0 bridgehead atoms. The van der Waals surface area contributed by atoms with Gasteiger partial charge in [-0.3, -0.25) is 19.8 Å². The molecule has 0 atom stereocenters. The summed E-state index contributed by atoms with van der Waals surface area (Å²) in [4.78, 5) is 24.7. The lowest BCUT2D eigenvalue weighted by molar-refractivity contribution is 0.251. The van der Waals surface area contributed by atoms with Crippen molar-refractivity contribution in [1.82, 2.24) is 4.98 Å². The van der Waals surface area contributed by atoms with Gasteiger partial charge in [0.2, 0.25) is 0 Å². The number of carbonyl (C=O) groups excluding carboxylic acids is 1. The van der Waals surface area contributed by atoms with Crippen LogP contribution in [0.15, 0.2) is 53.3 Å². The zero-order valence-electron chi connectivity index (χ0n) is 21.1. The summed E-state index contributed by atoms with van der Waals surface area (Å²) < 4.78 is 41.0. The molecule has 0 saturated heterocycles. The number of aromatic nitrogens is 1. The maximum absolute atomic E-state index is 15.4. The number of carbonyl (C=O) groups is 1. The van der Waals surface area contributed by atoms with Crippen LogP contribution in [-0.2, 0) is 6.54 Å². The number of rotatable bonds is 6. The molecule has 9 nitrogen and oxygen atoms in total. The van der Waals surface area contributed by atoms with E-state index in [0.717, 1.165) is 11.0 Å². The smallest absolute Gasteiger partial charge is 0.334 e. The van der Waals surface area contributed by atoms with E-state index in [-0.39, 0.29) is 18.0 Å². The van der Waals surface area contributed by atoms with Crippen LogP contribution in [0, 0.1) is 23.0 Å². The molecule has 3 aromatic rings. The van der Waals surface area contributed by atoms with Gasteiger partial charge in [-0.15, -0.1) is 0 Å². The number of fused-ring (bicyclic) bond motifs is 1. The minimum Gasteiger partial charge on any atom is -0.493 e. The van der Waals surface area contributed by atoms with Gasteiger partial charge in [0, 0.05) is 42.4 Å². The van der Waals surface area contributed by atoms with Gasteiger partial charge in [0.15, 0.2) is 23.1 Å². The molecule has 0 fully saturated rings. The Bertz CT molecular complexity index is 1480. The molecule has 0 saturated carbocycles. The van der Waals surface area contributed by atoms with Gasteiger partial charge in [-0.2, -0.15) is 5.26 Å². The molecular weight excluding hydrogens is 494 g/mol. The molecule has 2 aromatic carbocycles. The van der Waals surface area contributed by atoms with E-state index in [0.29, 0.717) is 39.5 Å². The fourth-order valence-corrected chi connectivity index (χ4v) is 4.13. The summed E-state index contributed by atoms with van der Waals surface area (Å²) in [5.41, 5.74) is 8.56. The van der Waals surface area contributed by atoms with E-state index in [2.05, 4.69) is 9.98 Å². The molecule has 0 aliphatic carbocycles. The number of anilines is 3. The monoisotopic (exact) mass is 518 g/mol. The summed E-state index contributed by atoms with van der Waals surface area (Å²) in [5.74, 6) is -2.70. The Labute approximate surface area is 218 Å². The Morgan fingerprint density at radius 2 is 1.79 bits per heavy atom. The van der Waals surface area contributed by atoms with Crippen LogP contribution < -0.4 is 25.0 Å². The van der Waals surface area contributed by atoms with Gasteiger partial charge < -0.3 is 15.2 Å². The number of hydrogen-bond donors (Lipinski definition) is 1. The van der Waals surface area contributed by atoms with E-state index >= 15 is 8.78 Å². The number of halogens is 2. The molecule has 1 aliphatic rings. The van der Waals surface area contributed by atoms with Gasteiger partial charge in [0.25, 0.3) is 0 Å². The number of aliphatic imine (C=N–C) groups is 1. The minimum absolute atomic E-state index is 0.194. The second-order valence-electron chi connectivity index (χ2n) is 8.30. The van der Waals surface area contributed by atoms with E-state index in [1.807, 2.05) is 6.07 Å². The van der Waals surface area contributed by atoms with Gasteiger partial charge in [0.1, 0.15) is 5.69 Å². The summed E-state index contributed by atoms with van der Waals surface area (Å²) >= 11 is 0. The van der Waals surface area contributed by atoms with Crippen LogP contribution in [0.25, 0.3) is 5.57 Å². The number of allylic oxidation sites excluding steroid dienone is 2. The van der Waals surface area contributed by atoms with Crippen molar-refractivity contribution in [2.24, 2.45) is 10.7 Å². The highest BCUT2D eigenvalue weighted by atomic mass is 19.1. The van der Waals surface area contributed by atoms with Gasteiger partial charge in [-0.05, 0) is 37.3 Å². The van der Waals surface area contributed by atoms with Crippen LogP contribution in [0.5, 0.6) is 11.5 Å². The van der Waals surface area contributed by atoms with Gasteiger partial charge >= 0.3 is 6.03 Å². The third-order valence-corrected chi connectivity index (χ3v) is 5.99. The fourth-order valence-electron chi connectivity index (χ4n) is 4.13. The normalized spacial score (nSPS) is 13.8. The molecule has 2 amide bonds. The third-order valence-electron chi connectivity index (χ3n) is 5.99. The number of amides is 2. The molecule has 194 valence electrons. The number of benzene rings is 2. The first-order valence-electron chi connectivity index (χ1n) is 11.3.